The number of fused-ring (bicyclic) bond motifs is 3. The first-order valence-electron chi connectivity index (χ1n) is 10.2. The number of carbonyl (C=O) groups excluding carboxylic acids is 2. The highest BCUT2D eigenvalue weighted by atomic mass is 16.2. The van der Waals surface area contributed by atoms with E-state index in [2.05, 4.69) is 20.9 Å². The van der Waals surface area contributed by atoms with Crippen molar-refractivity contribution in [1.29, 1.82) is 0 Å². The fourth-order valence-corrected chi connectivity index (χ4v) is 4.73. The van der Waals surface area contributed by atoms with E-state index in [1.165, 1.54) is 0 Å². The largest absolute Gasteiger partial charge is 0.346 e. The number of likely N-dealkylation sites (N-methyl/N-ethyl adjacent to an activating group) is 1. The van der Waals surface area contributed by atoms with Crippen molar-refractivity contribution in [2.24, 2.45) is 7.05 Å². The van der Waals surface area contributed by atoms with Gasteiger partial charge in [-0.1, -0.05) is 24.6 Å². The molecule has 1 N–H and O–H groups in total. The molecule has 152 valence electrons. The van der Waals surface area contributed by atoms with Crippen LogP contribution in [0.4, 0.5) is 11.5 Å². The van der Waals surface area contributed by atoms with Crippen LogP contribution in [0, 0.1) is 6.92 Å². The van der Waals surface area contributed by atoms with Gasteiger partial charge in [0.05, 0.1) is 16.6 Å². The van der Waals surface area contributed by atoms with Crippen LogP contribution >= 0.6 is 0 Å². The molecule has 3 heterocycles. The summed E-state index contributed by atoms with van der Waals surface area (Å²) in [5.41, 5.74) is 4.43. The lowest BCUT2D eigenvalue weighted by molar-refractivity contribution is -0.123. The number of benzene rings is 1. The van der Waals surface area contributed by atoms with E-state index < -0.39 is 5.41 Å². The Hall–Kier alpha value is -3.41. The van der Waals surface area contributed by atoms with E-state index in [0.29, 0.717) is 5.82 Å². The van der Waals surface area contributed by atoms with E-state index in [1.807, 2.05) is 38.2 Å². The highest BCUT2D eigenvalue weighted by Crippen LogP contribution is 2.50. The van der Waals surface area contributed by atoms with Crippen LogP contribution in [0.25, 0.3) is 17.0 Å². The van der Waals surface area contributed by atoms with Crippen molar-refractivity contribution in [2.75, 3.05) is 17.3 Å². The first-order valence-corrected chi connectivity index (χ1v) is 10.2. The number of aromatic nitrogens is 2. The van der Waals surface area contributed by atoms with Gasteiger partial charge in [-0.2, -0.15) is 0 Å². The summed E-state index contributed by atoms with van der Waals surface area (Å²) in [7, 11) is 3.81. The molecule has 1 aromatic carbocycles. The number of nitrogens with zero attached hydrogens (tertiary/aromatic N) is 3. The minimum Gasteiger partial charge on any atom is -0.346 e. The van der Waals surface area contributed by atoms with Crippen molar-refractivity contribution in [3.63, 3.8) is 0 Å². The second-order valence-electron chi connectivity index (χ2n) is 8.30. The Labute approximate surface area is 175 Å². The van der Waals surface area contributed by atoms with Crippen LogP contribution in [0.2, 0.25) is 0 Å². The molecule has 0 atom stereocenters. The Morgan fingerprint density at radius 2 is 2.07 bits per heavy atom. The summed E-state index contributed by atoms with van der Waals surface area (Å²) in [4.78, 5) is 31.4. The molecule has 6 heteroatoms. The van der Waals surface area contributed by atoms with Crippen molar-refractivity contribution in [3.8, 4) is 0 Å². The summed E-state index contributed by atoms with van der Waals surface area (Å²) in [5.74, 6) is 0.605. The number of hydrogen-bond donors (Lipinski definition) is 1. The third kappa shape index (κ3) is 2.53. The average Bonchev–Trinajstić information content (AvgIpc) is 3.15. The van der Waals surface area contributed by atoms with Gasteiger partial charge in [-0.3, -0.25) is 9.59 Å². The molecule has 1 fully saturated rings. The van der Waals surface area contributed by atoms with Crippen LogP contribution in [0.3, 0.4) is 0 Å². The third-order valence-electron chi connectivity index (χ3n) is 6.75. The van der Waals surface area contributed by atoms with Crippen LogP contribution < -0.4 is 10.2 Å². The molecule has 0 unspecified atom stereocenters. The smallest absolute Gasteiger partial charge is 0.250 e. The molecular weight excluding hydrogens is 376 g/mol. The second-order valence-corrected chi connectivity index (χ2v) is 8.30. The molecule has 1 spiro atoms. The SMILES string of the molecule is Cc1c(N(C)C(=O)/C=C/c2cnc3c(c2)C2(CCC2)C(=O)N3)c2ccccc2n1C. The first kappa shape index (κ1) is 18.6. The summed E-state index contributed by atoms with van der Waals surface area (Å²) < 4.78 is 2.10. The molecule has 2 aliphatic rings. The number of pyridine rings is 1. The number of carbonyl (C=O) groups is 2. The number of aryl methyl sites for hydroxylation is 1. The summed E-state index contributed by atoms with van der Waals surface area (Å²) in [6.07, 6.45) is 7.83. The van der Waals surface area contributed by atoms with Gasteiger partial charge in [-0.05, 0) is 43.5 Å². The van der Waals surface area contributed by atoms with E-state index in [-0.39, 0.29) is 11.8 Å². The number of anilines is 2. The molecule has 5 rings (SSSR count). The van der Waals surface area contributed by atoms with Gasteiger partial charge < -0.3 is 14.8 Å². The number of para-hydroxylation sites is 1. The molecular formula is C24H24N4O2. The van der Waals surface area contributed by atoms with Crippen molar-refractivity contribution in [1.82, 2.24) is 9.55 Å². The predicted molar refractivity (Wildman–Crippen MR) is 118 cm³/mol. The van der Waals surface area contributed by atoms with Gasteiger partial charge in [-0.15, -0.1) is 0 Å². The highest BCUT2D eigenvalue weighted by Gasteiger charge is 2.51. The standard InChI is InChI=1S/C24H24N4O2/c1-15-21(17-7-4-5-8-19(17)27(15)2)28(3)20(29)10-9-16-13-18-22(25-14-16)26-23(30)24(18)11-6-12-24/h4-5,7-10,13-14H,6,11-12H2,1-3H3,(H,25,26,30)/b10-9+. The zero-order valence-electron chi connectivity index (χ0n) is 17.4. The molecule has 2 aromatic heterocycles. The topological polar surface area (TPSA) is 67.2 Å². The maximum atomic E-state index is 12.9. The summed E-state index contributed by atoms with van der Waals surface area (Å²) in [6, 6.07) is 10.1. The van der Waals surface area contributed by atoms with E-state index in [4.69, 9.17) is 0 Å². The second kappa shape index (κ2) is 6.55. The minimum atomic E-state index is -0.410. The van der Waals surface area contributed by atoms with Gasteiger partial charge >= 0.3 is 0 Å². The van der Waals surface area contributed by atoms with Gasteiger partial charge in [0.25, 0.3) is 5.91 Å². The highest BCUT2D eigenvalue weighted by molar-refractivity contribution is 6.10. The maximum Gasteiger partial charge on any atom is 0.250 e. The van der Waals surface area contributed by atoms with E-state index >= 15 is 0 Å². The molecule has 6 nitrogen and oxygen atoms in total. The van der Waals surface area contributed by atoms with Crippen LogP contribution in [0.15, 0.2) is 42.6 Å². The Morgan fingerprint density at radius 1 is 1.30 bits per heavy atom. The van der Waals surface area contributed by atoms with Crippen molar-refractivity contribution in [3.05, 3.63) is 59.4 Å². The number of hydrogen-bond acceptors (Lipinski definition) is 3. The zero-order valence-corrected chi connectivity index (χ0v) is 17.4. The van der Waals surface area contributed by atoms with Gasteiger partial charge in [-0.25, -0.2) is 4.98 Å². The lowest BCUT2D eigenvalue weighted by Crippen LogP contribution is -2.40. The Bertz CT molecular complexity index is 1230. The molecule has 2 amide bonds. The first-order chi connectivity index (χ1) is 14.4. The van der Waals surface area contributed by atoms with E-state index in [9.17, 15) is 9.59 Å². The quantitative estimate of drug-likeness (QED) is 0.678. The molecule has 0 radical (unpaired) electrons. The fraction of sp³-hybridized carbons (Fsp3) is 0.292. The van der Waals surface area contributed by atoms with Crippen LogP contribution in [0.5, 0.6) is 0 Å². The van der Waals surface area contributed by atoms with Gasteiger partial charge in [0, 0.05) is 43.0 Å². The molecule has 3 aromatic rings. The molecule has 1 aliphatic heterocycles. The minimum absolute atomic E-state index is 0.0552. The molecule has 0 saturated heterocycles. The van der Waals surface area contributed by atoms with E-state index in [1.54, 1.807) is 30.3 Å². The van der Waals surface area contributed by atoms with E-state index in [0.717, 1.165) is 52.7 Å². The maximum absolute atomic E-state index is 12.9. The Morgan fingerprint density at radius 3 is 2.80 bits per heavy atom. The average molecular weight is 400 g/mol. The lowest BCUT2D eigenvalue weighted by atomic mass is 9.65. The lowest BCUT2D eigenvalue weighted by Gasteiger charge is -2.35. The number of nitrogens with one attached hydrogen (secondary N) is 1. The molecule has 1 aliphatic carbocycles. The molecule has 0 bridgehead atoms. The van der Waals surface area contributed by atoms with Gasteiger partial charge in [0.15, 0.2) is 0 Å². The Kier molecular flexibility index (Phi) is 4.07. The van der Waals surface area contributed by atoms with Crippen molar-refractivity contribution < 1.29 is 9.59 Å². The van der Waals surface area contributed by atoms with Gasteiger partial charge in [0.1, 0.15) is 5.82 Å². The van der Waals surface area contributed by atoms with Crippen molar-refractivity contribution in [2.45, 2.75) is 31.6 Å². The normalized spacial score (nSPS) is 16.7. The van der Waals surface area contributed by atoms with Gasteiger partial charge in [0.2, 0.25) is 5.91 Å². The number of amides is 2. The fourth-order valence-electron chi connectivity index (χ4n) is 4.73. The van der Waals surface area contributed by atoms with Crippen LogP contribution in [0.1, 0.15) is 36.1 Å². The summed E-state index contributed by atoms with van der Waals surface area (Å²) in [6.45, 7) is 2.02. The van der Waals surface area contributed by atoms with Crippen LogP contribution in [-0.2, 0) is 22.1 Å². The molecule has 30 heavy (non-hydrogen) atoms. The Balaban J connectivity index is 1.43. The predicted octanol–water partition coefficient (Wildman–Crippen LogP) is 3.93. The summed E-state index contributed by atoms with van der Waals surface area (Å²) >= 11 is 0. The van der Waals surface area contributed by atoms with Crippen LogP contribution in [-0.4, -0.2) is 28.4 Å². The monoisotopic (exact) mass is 400 g/mol. The summed E-state index contributed by atoms with van der Waals surface area (Å²) in [5, 5.41) is 3.95. The third-order valence-corrected chi connectivity index (χ3v) is 6.75. The molecule has 1 saturated carbocycles. The van der Waals surface area contributed by atoms with Crippen molar-refractivity contribution >= 4 is 40.3 Å². The zero-order chi connectivity index (χ0) is 21.0. The number of rotatable bonds is 3.